The Hall–Kier alpha value is -1.61. The number of halogens is 1. The van der Waals surface area contributed by atoms with E-state index in [-0.39, 0.29) is 17.3 Å². The molecule has 0 radical (unpaired) electrons. The Balaban J connectivity index is 2.22. The number of benzene rings is 1. The minimum absolute atomic E-state index is 0.116. The fourth-order valence-corrected chi connectivity index (χ4v) is 2.43. The number of rotatable bonds is 5. The Morgan fingerprint density at radius 2 is 1.89 bits per heavy atom. The van der Waals surface area contributed by atoms with Crippen LogP contribution in [0.1, 0.15) is 25.2 Å². The monoisotopic (exact) mass is 261 g/mol. The first-order chi connectivity index (χ1) is 9.04. The van der Waals surface area contributed by atoms with Gasteiger partial charge in [-0.25, -0.2) is 4.39 Å². The lowest BCUT2D eigenvalue weighted by Gasteiger charge is -2.34. The molecule has 0 aliphatic rings. The molecular formula is C16H20FNO. The zero-order valence-corrected chi connectivity index (χ0v) is 11.6. The Kier molecular flexibility index (Phi) is 4.05. The molecule has 1 atom stereocenters. The molecule has 0 saturated heterocycles. The standard InChI is InChI=1S/C16H20FNO/c1-16(2,12-6-8-13(17)9-7-12)15(18-3)11-14-5-4-10-19-14/h4-10,15,18H,11H2,1-3H3. The maximum absolute atomic E-state index is 13.0. The number of hydrogen-bond donors (Lipinski definition) is 1. The van der Waals surface area contributed by atoms with Crippen LogP contribution in [-0.4, -0.2) is 13.1 Å². The lowest BCUT2D eigenvalue weighted by atomic mass is 9.76. The molecule has 0 fully saturated rings. The smallest absolute Gasteiger partial charge is 0.123 e. The van der Waals surface area contributed by atoms with Gasteiger partial charge in [-0.05, 0) is 36.9 Å². The Labute approximate surface area is 113 Å². The minimum atomic E-state index is -0.202. The molecule has 1 heterocycles. The summed E-state index contributed by atoms with van der Waals surface area (Å²) in [5.74, 6) is 0.751. The van der Waals surface area contributed by atoms with E-state index in [9.17, 15) is 4.39 Å². The topological polar surface area (TPSA) is 25.2 Å². The van der Waals surface area contributed by atoms with Gasteiger partial charge < -0.3 is 9.73 Å². The highest BCUT2D eigenvalue weighted by atomic mass is 19.1. The fourth-order valence-electron chi connectivity index (χ4n) is 2.43. The van der Waals surface area contributed by atoms with Crippen LogP contribution in [0.2, 0.25) is 0 Å². The van der Waals surface area contributed by atoms with Crippen molar-refractivity contribution in [3.8, 4) is 0 Å². The number of hydrogen-bond acceptors (Lipinski definition) is 2. The van der Waals surface area contributed by atoms with Gasteiger partial charge in [0.25, 0.3) is 0 Å². The predicted octanol–water partition coefficient (Wildman–Crippen LogP) is 3.53. The van der Waals surface area contributed by atoms with Gasteiger partial charge in [-0.2, -0.15) is 0 Å². The molecule has 0 bridgehead atoms. The van der Waals surface area contributed by atoms with Crippen LogP contribution in [0.4, 0.5) is 4.39 Å². The van der Waals surface area contributed by atoms with Gasteiger partial charge in [0.2, 0.25) is 0 Å². The molecule has 1 N–H and O–H groups in total. The second-order valence-electron chi connectivity index (χ2n) is 5.35. The van der Waals surface area contributed by atoms with E-state index in [0.29, 0.717) is 0 Å². The second kappa shape index (κ2) is 5.57. The number of likely N-dealkylation sites (N-methyl/N-ethyl adjacent to an activating group) is 1. The van der Waals surface area contributed by atoms with Crippen molar-refractivity contribution in [1.82, 2.24) is 5.32 Å². The van der Waals surface area contributed by atoms with E-state index >= 15 is 0 Å². The molecule has 2 nitrogen and oxygen atoms in total. The zero-order valence-electron chi connectivity index (χ0n) is 11.6. The lowest BCUT2D eigenvalue weighted by molar-refractivity contribution is 0.335. The van der Waals surface area contributed by atoms with Gasteiger partial charge in [0.05, 0.1) is 6.26 Å². The van der Waals surface area contributed by atoms with Crippen LogP contribution in [0.3, 0.4) is 0 Å². The quantitative estimate of drug-likeness (QED) is 0.890. The summed E-state index contributed by atoms with van der Waals surface area (Å²) in [5.41, 5.74) is 0.995. The number of furan rings is 1. The van der Waals surface area contributed by atoms with Crippen molar-refractivity contribution in [2.24, 2.45) is 0 Å². The van der Waals surface area contributed by atoms with Crippen LogP contribution in [0, 0.1) is 5.82 Å². The molecule has 1 unspecified atom stereocenters. The van der Waals surface area contributed by atoms with Gasteiger partial charge in [0.15, 0.2) is 0 Å². The molecule has 0 saturated carbocycles. The van der Waals surface area contributed by atoms with Crippen LogP contribution >= 0.6 is 0 Å². The average Bonchev–Trinajstić information content (AvgIpc) is 2.89. The minimum Gasteiger partial charge on any atom is -0.469 e. The summed E-state index contributed by atoms with van der Waals surface area (Å²) in [6, 6.07) is 10.8. The largest absolute Gasteiger partial charge is 0.469 e. The fraction of sp³-hybridized carbons (Fsp3) is 0.375. The van der Waals surface area contributed by atoms with E-state index < -0.39 is 0 Å². The molecule has 0 spiro atoms. The Morgan fingerprint density at radius 3 is 2.42 bits per heavy atom. The first-order valence-electron chi connectivity index (χ1n) is 6.49. The van der Waals surface area contributed by atoms with Gasteiger partial charge in [-0.3, -0.25) is 0 Å². The van der Waals surface area contributed by atoms with Gasteiger partial charge >= 0.3 is 0 Å². The van der Waals surface area contributed by atoms with Crippen LogP contribution in [0.25, 0.3) is 0 Å². The van der Waals surface area contributed by atoms with Crippen LogP contribution < -0.4 is 5.32 Å². The number of nitrogens with one attached hydrogen (secondary N) is 1. The van der Waals surface area contributed by atoms with E-state index in [1.54, 1.807) is 6.26 Å². The normalized spacial score (nSPS) is 13.5. The molecular weight excluding hydrogens is 241 g/mol. The molecule has 2 aromatic rings. The summed E-state index contributed by atoms with van der Waals surface area (Å²) in [5, 5.41) is 3.34. The highest BCUT2D eigenvalue weighted by molar-refractivity contribution is 5.27. The molecule has 0 aliphatic carbocycles. The summed E-state index contributed by atoms with van der Waals surface area (Å²) < 4.78 is 18.4. The summed E-state index contributed by atoms with van der Waals surface area (Å²) in [7, 11) is 1.94. The zero-order chi connectivity index (χ0) is 13.9. The summed E-state index contributed by atoms with van der Waals surface area (Å²) in [4.78, 5) is 0. The highest BCUT2D eigenvalue weighted by Gasteiger charge is 2.30. The third-order valence-corrected chi connectivity index (χ3v) is 3.79. The highest BCUT2D eigenvalue weighted by Crippen LogP contribution is 2.29. The van der Waals surface area contributed by atoms with Crippen LogP contribution in [-0.2, 0) is 11.8 Å². The molecule has 1 aromatic heterocycles. The van der Waals surface area contributed by atoms with Crippen molar-refractivity contribution >= 4 is 0 Å². The first kappa shape index (κ1) is 13.8. The average molecular weight is 261 g/mol. The lowest BCUT2D eigenvalue weighted by Crippen LogP contribution is -2.44. The van der Waals surface area contributed by atoms with Gasteiger partial charge in [-0.1, -0.05) is 26.0 Å². The molecule has 102 valence electrons. The maximum Gasteiger partial charge on any atom is 0.123 e. The summed E-state index contributed by atoms with van der Waals surface area (Å²) in [6.07, 6.45) is 2.49. The Bertz CT molecular complexity index is 502. The summed E-state index contributed by atoms with van der Waals surface area (Å²) >= 11 is 0. The third-order valence-electron chi connectivity index (χ3n) is 3.79. The Morgan fingerprint density at radius 1 is 1.21 bits per heavy atom. The molecule has 19 heavy (non-hydrogen) atoms. The van der Waals surface area contributed by atoms with E-state index in [1.165, 1.54) is 12.1 Å². The van der Waals surface area contributed by atoms with Crippen LogP contribution in [0.15, 0.2) is 47.1 Å². The first-order valence-corrected chi connectivity index (χ1v) is 6.49. The summed E-state index contributed by atoms with van der Waals surface area (Å²) in [6.45, 7) is 4.31. The van der Waals surface area contributed by atoms with E-state index in [0.717, 1.165) is 17.7 Å². The van der Waals surface area contributed by atoms with Gasteiger partial charge in [-0.15, -0.1) is 0 Å². The molecule has 0 aliphatic heterocycles. The second-order valence-corrected chi connectivity index (χ2v) is 5.35. The van der Waals surface area contributed by atoms with E-state index in [2.05, 4.69) is 19.2 Å². The van der Waals surface area contributed by atoms with Gasteiger partial charge in [0.1, 0.15) is 11.6 Å². The van der Waals surface area contributed by atoms with Crippen LogP contribution in [0.5, 0.6) is 0 Å². The third kappa shape index (κ3) is 3.04. The molecule has 2 rings (SSSR count). The van der Waals surface area contributed by atoms with Crippen molar-refractivity contribution in [2.75, 3.05) is 7.05 Å². The SMILES string of the molecule is CNC(Cc1ccco1)C(C)(C)c1ccc(F)cc1. The van der Waals surface area contributed by atoms with Crippen molar-refractivity contribution < 1.29 is 8.81 Å². The van der Waals surface area contributed by atoms with Crippen molar-refractivity contribution in [3.63, 3.8) is 0 Å². The van der Waals surface area contributed by atoms with Crippen molar-refractivity contribution in [3.05, 3.63) is 59.8 Å². The molecule has 1 aromatic carbocycles. The molecule has 3 heteroatoms. The maximum atomic E-state index is 13.0. The van der Waals surface area contributed by atoms with E-state index in [4.69, 9.17) is 4.42 Å². The van der Waals surface area contributed by atoms with E-state index in [1.807, 2.05) is 31.3 Å². The predicted molar refractivity (Wildman–Crippen MR) is 74.7 cm³/mol. The van der Waals surface area contributed by atoms with Crippen molar-refractivity contribution in [1.29, 1.82) is 0 Å². The van der Waals surface area contributed by atoms with Crippen molar-refractivity contribution in [2.45, 2.75) is 31.7 Å². The van der Waals surface area contributed by atoms with Gasteiger partial charge in [0, 0.05) is 17.9 Å². The molecule has 0 amide bonds.